The lowest BCUT2D eigenvalue weighted by molar-refractivity contribution is -0.131. The summed E-state index contributed by atoms with van der Waals surface area (Å²) in [5, 5.41) is 4.12. The third-order valence-electron chi connectivity index (χ3n) is 4.60. The second-order valence-electron chi connectivity index (χ2n) is 7.65. The first-order chi connectivity index (χ1) is 12.4. The molecule has 1 aliphatic rings. The molecule has 1 amide bonds. The Morgan fingerprint density at radius 2 is 2.12 bits per heavy atom. The highest BCUT2D eigenvalue weighted by Gasteiger charge is 2.27. The Bertz CT molecular complexity index is 766. The van der Waals surface area contributed by atoms with Crippen LogP contribution in [0, 0.1) is 0 Å². The van der Waals surface area contributed by atoms with E-state index < -0.39 is 0 Å². The van der Waals surface area contributed by atoms with Crippen molar-refractivity contribution in [1.82, 2.24) is 10.1 Å². The van der Waals surface area contributed by atoms with Gasteiger partial charge in [0.25, 0.3) is 0 Å². The zero-order valence-electron chi connectivity index (χ0n) is 15.5. The smallest absolute Gasteiger partial charge is 0.237 e. The average Bonchev–Trinajstić information content (AvgIpc) is 3.10. The fourth-order valence-corrected chi connectivity index (χ4v) is 3.27. The number of carbonyl (C=O) groups is 1. The summed E-state index contributed by atoms with van der Waals surface area (Å²) in [6.07, 6.45) is 0.745. The van der Waals surface area contributed by atoms with E-state index in [0.717, 1.165) is 23.4 Å². The number of nitrogens with zero attached hydrogens (tertiary/aromatic N) is 2. The van der Waals surface area contributed by atoms with Gasteiger partial charge in [-0.15, -0.1) is 11.6 Å². The van der Waals surface area contributed by atoms with Gasteiger partial charge in [-0.3, -0.25) is 4.79 Å². The second-order valence-corrected chi connectivity index (χ2v) is 7.92. The summed E-state index contributed by atoms with van der Waals surface area (Å²) in [6.45, 7) is 7.64. The van der Waals surface area contributed by atoms with Crippen molar-refractivity contribution >= 4 is 17.5 Å². The first-order valence-corrected chi connectivity index (χ1v) is 9.41. The summed E-state index contributed by atoms with van der Waals surface area (Å²) in [7, 11) is 0. The Morgan fingerprint density at radius 1 is 1.35 bits per heavy atom. The van der Waals surface area contributed by atoms with Crippen LogP contribution in [0.3, 0.4) is 0 Å². The van der Waals surface area contributed by atoms with Crippen LogP contribution in [-0.2, 0) is 27.9 Å². The third-order valence-corrected chi connectivity index (χ3v) is 4.83. The molecule has 1 aromatic heterocycles. The monoisotopic (exact) mass is 376 g/mol. The van der Waals surface area contributed by atoms with Crippen LogP contribution in [-0.4, -0.2) is 35.0 Å². The molecule has 5 nitrogen and oxygen atoms in total. The zero-order chi connectivity index (χ0) is 18.7. The number of benzene rings is 1. The van der Waals surface area contributed by atoms with Crippen molar-refractivity contribution in [2.24, 2.45) is 0 Å². The maximum atomic E-state index is 12.4. The molecule has 0 aliphatic carbocycles. The molecule has 0 saturated carbocycles. The van der Waals surface area contributed by atoms with Crippen molar-refractivity contribution in [1.29, 1.82) is 0 Å². The van der Waals surface area contributed by atoms with Crippen LogP contribution in [0.5, 0.6) is 0 Å². The van der Waals surface area contributed by atoms with Crippen LogP contribution in [0.15, 0.2) is 34.9 Å². The van der Waals surface area contributed by atoms with Crippen LogP contribution >= 0.6 is 11.6 Å². The second kappa shape index (κ2) is 7.80. The molecule has 26 heavy (non-hydrogen) atoms. The van der Waals surface area contributed by atoms with E-state index in [-0.39, 0.29) is 23.3 Å². The average molecular weight is 377 g/mol. The zero-order valence-corrected chi connectivity index (χ0v) is 16.3. The van der Waals surface area contributed by atoms with Gasteiger partial charge in [-0.2, -0.15) is 0 Å². The number of hydrogen-bond donors (Lipinski definition) is 0. The SMILES string of the molecule is CC(C)(C)c1cc(CN(CC2OCCc3ccccc32)C(=O)CCl)no1. The van der Waals surface area contributed by atoms with Gasteiger partial charge >= 0.3 is 0 Å². The van der Waals surface area contributed by atoms with Gasteiger partial charge in [-0.25, -0.2) is 0 Å². The maximum Gasteiger partial charge on any atom is 0.237 e. The Hall–Kier alpha value is -1.85. The van der Waals surface area contributed by atoms with Crippen molar-refractivity contribution in [3.63, 3.8) is 0 Å². The predicted octanol–water partition coefficient (Wildman–Crippen LogP) is 3.85. The number of rotatable bonds is 5. The summed E-state index contributed by atoms with van der Waals surface area (Å²) < 4.78 is 11.4. The molecule has 1 unspecified atom stereocenters. The van der Waals surface area contributed by atoms with Gasteiger partial charge in [0.2, 0.25) is 5.91 Å². The predicted molar refractivity (Wildman–Crippen MR) is 100 cm³/mol. The van der Waals surface area contributed by atoms with Crippen LogP contribution in [0.2, 0.25) is 0 Å². The Kier molecular flexibility index (Phi) is 5.68. The van der Waals surface area contributed by atoms with E-state index in [4.69, 9.17) is 20.9 Å². The van der Waals surface area contributed by atoms with Crippen LogP contribution in [0.4, 0.5) is 0 Å². The van der Waals surface area contributed by atoms with Crippen LogP contribution in [0.1, 0.15) is 49.5 Å². The summed E-state index contributed by atoms with van der Waals surface area (Å²) in [4.78, 5) is 14.1. The van der Waals surface area contributed by atoms with Crippen molar-refractivity contribution in [3.8, 4) is 0 Å². The van der Waals surface area contributed by atoms with Crippen molar-refractivity contribution < 1.29 is 14.1 Å². The largest absolute Gasteiger partial charge is 0.371 e. The lowest BCUT2D eigenvalue weighted by Crippen LogP contribution is -2.37. The number of halogens is 1. The molecule has 0 bridgehead atoms. The molecular weight excluding hydrogens is 352 g/mol. The molecule has 0 radical (unpaired) electrons. The van der Waals surface area contributed by atoms with E-state index in [2.05, 4.69) is 38.1 Å². The molecule has 6 heteroatoms. The minimum atomic E-state index is -0.152. The van der Waals surface area contributed by atoms with Gasteiger partial charge in [-0.1, -0.05) is 50.2 Å². The summed E-state index contributed by atoms with van der Waals surface area (Å²) in [5.41, 5.74) is 3.01. The molecule has 0 spiro atoms. The van der Waals surface area contributed by atoms with E-state index in [9.17, 15) is 4.79 Å². The van der Waals surface area contributed by atoms with Crippen molar-refractivity contribution in [2.45, 2.75) is 45.3 Å². The molecule has 2 heterocycles. The maximum absolute atomic E-state index is 12.4. The van der Waals surface area contributed by atoms with Crippen LogP contribution in [0.25, 0.3) is 0 Å². The highest BCUT2D eigenvalue weighted by Crippen LogP contribution is 2.29. The molecule has 0 N–H and O–H groups in total. The van der Waals surface area contributed by atoms with Gasteiger partial charge in [0, 0.05) is 11.5 Å². The lowest BCUT2D eigenvalue weighted by Gasteiger charge is -2.31. The molecule has 1 atom stereocenters. The number of amides is 1. The van der Waals surface area contributed by atoms with Gasteiger partial charge < -0.3 is 14.2 Å². The lowest BCUT2D eigenvalue weighted by atomic mass is 9.93. The summed E-state index contributed by atoms with van der Waals surface area (Å²) in [6, 6.07) is 10.1. The van der Waals surface area contributed by atoms with Crippen molar-refractivity contribution in [3.05, 3.63) is 52.9 Å². The number of fused-ring (bicyclic) bond motifs is 1. The normalized spacial score (nSPS) is 17.0. The van der Waals surface area contributed by atoms with E-state index in [1.165, 1.54) is 5.56 Å². The standard InChI is InChI=1S/C20H25ClN2O3/c1-20(2,3)18-10-15(22-26-18)12-23(19(24)11-21)13-17-16-7-5-4-6-14(16)8-9-25-17/h4-7,10,17H,8-9,11-13H2,1-3H3. The molecule has 3 rings (SSSR count). The molecular formula is C20H25ClN2O3. The molecule has 0 saturated heterocycles. The van der Waals surface area contributed by atoms with Gasteiger partial charge in [0.05, 0.1) is 19.7 Å². The van der Waals surface area contributed by atoms with Crippen LogP contribution < -0.4 is 0 Å². The fraction of sp³-hybridized carbons (Fsp3) is 0.500. The first kappa shape index (κ1) is 18.9. The number of hydrogen-bond acceptors (Lipinski definition) is 4. The molecule has 1 aromatic carbocycles. The number of aromatic nitrogens is 1. The molecule has 0 fully saturated rings. The Balaban J connectivity index is 1.77. The quantitative estimate of drug-likeness (QED) is 0.743. The van der Waals surface area contributed by atoms with Gasteiger partial charge in [0.15, 0.2) is 0 Å². The highest BCUT2D eigenvalue weighted by molar-refractivity contribution is 6.27. The topological polar surface area (TPSA) is 55.6 Å². The van der Waals surface area contributed by atoms with Crippen molar-refractivity contribution in [2.75, 3.05) is 19.0 Å². The first-order valence-electron chi connectivity index (χ1n) is 8.87. The molecule has 140 valence electrons. The summed E-state index contributed by atoms with van der Waals surface area (Å²) >= 11 is 5.83. The van der Waals surface area contributed by atoms with Gasteiger partial charge in [-0.05, 0) is 17.5 Å². The number of carbonyl (C=O) groups excluding carboxylic acids is 1. The number of alkyl halides is 1. The molecule has 1 aliphatic heterocycles. The summed E-state index contributed by atoms with van der Waals surface area (Å²) in [5.74, 6) is 0.585. The Labute approximate surface area is 159 Å². The highest BCUT2D eigenvalue weighted by atomic mass is 35.5. The fourth-order valence-electron chi connectivity index (χ4n) is 3.10. The van der Waals surface area contributed by atoms with E-state index in [1.807, 2.05) is 18.2 Å². The minimum absolute atomic E-state index is 0.0711. The van der Waals surface area contributed by atoms with Gasteiger partial charge in [0.1, 0.15) is 23.4 Å². The van der Waals surface area contributed by atoms with E-state index in [1.54, 1.807) is 4.90 Å². The number of ether oxygens (including phenoxy) is 1. The molecule has 2 aromatic rings. The van der Waals surface area contributed by atoms with E-state index >= 15 is 0 Å². The minimum Gasteiger partial charge on any atom is -0.371 e. The van der Waals surface area contributed by atoms with E-state index in [0.29, 0.717) is 19.7 Å². The Morgan fingerprint density at radius 3 is 2.81 bits per heavy atom. The third kappa shape index (κ3) is 4.27.